The number of carbonyl (C=O) groups is 7. The minimum absolute atomic E-state index is 0.0385. The predicted octanol–water partition coefficient (Wildman–Crippen LogP) is 1.50. The van der Waals surface area contributed by atoms with Crippen LogP contribution in [0.25, 0.3) is 0 Å². The molecule has 0 rings (SSSR count). The van der Waals surface area contributed by atoms with E-state index >= 15 is 0 Å². The molecular formula is C40H76N8O13. The van der Waals surface area contributed by atoms with Crippen LogP contribution in [0.4, 0.5) is 14.4 Å². The van der Waals surface area contributed by atoms with Gasteiger partial charge in [0.15, 0.2) is 0 Å². The van der Waals surface area contributed by atoms with E-state index in [1.807, 2.05) is 0 Å². The van der Waals surface area contributed by atoms with Gasteiger partial charge in [-0.3, -0.25) is 19.2 Å². The van der Waals surface area contributed by atoms with E-state index in [2.05, 4.69) is 37.2 Å². The second kappa shape index (κ2) is 30.5. The number of ether oxygens (including phenoxy) is 6. The number of nitrogens with one attached hydrogen (secondary N) is 7. The van der Waals surface area contributed by atoms with Gasteiger partial charge in [0.25, 0.3) is 0 Å². The summed E-state index contributed by atoms with van der Waals surface area (Å²) in [5, 5.41) is 18.7. The molecular weight excluding hydrogens is 800 g/mol. The second-order valence-electron chi connectivity index (χ2n) is 17.2. The van der Waals surface area contributed by atoms with Crippen molar-refractivity contribution in [3.05, 3.63) is 0 Å². The molecule has 0 unspecified atom stereocenters. The molecule has 21 heteroatoms. The van der Waals surface area contributed by atoms with Crippen molar-refractivity contribution in [2.75, 3.05) is 85.5 Å². The highest BCUT2D eigenvalue weighted by Crippen LogP contribution is 2.13. The fraction of sp³-hybridized carbons (Fsp3) is 0.825. The zero-order valence-electron chi connectivity index (χ0n) is 38.0. The number of nitrogens with two attached hydrogens (primary N) is 1. The molecule has 0 aliphatic rings. The van der Waals surface area contributed by atoms with Gasteiger partial charge in [0, 0.05) is 65.0 Å². The van der Waals surface area contributed by atoms with Gasteiger partial charge < -0.3 is 71.4 Å². The van der Waals surface area contributed by atoms with Gasteiger partial charge in [0.2, 0.25) is 23.6 Å². The van der Waals surface area contributed by atoms with Crippen molar-refractivity contribution in [1.29, 1.82) is 0 Å². The van der Waals surface area contributed by atoms with E-state index in [0.717, 1.165) is 12.8 Å². The van der Waals surface area contributed by atoms with E-state index in [-0.39, 0.29) is 128 Å². The van der Waals surface area contributed by atoms with E-state index in [4.69, 9.17) is 34.2 Å². The summed E-state index contributed by atoms with van der Waals surface area (Å²) in [4.78, 5) is 86.3. The van der Waals surface area contributed by atoms with Crippen molar-refractivity contribution in [1.82, 2.24) is 37.2 Å². The average Bonchev–Trinajstić information content (AvgIpc) is 3.12. The molecule has 9 N–H and O–H groups in total. The first-order valence-corrected chi connectivity index (χ1v) is 20.9. The number of amides is 7. The molecule has 0 spiro atoms. The maximum absolute atomic E-state index is 13.2. The van der Waals surface area contributed by atoms with Gasteiger partial charge >= 0.3 is 18.3 Å². The van der Waals surface area contributed by atoms with Crippen molar-refractivity contribution in [2.24, 2.45) is 5.73 Å². The van der Waals surface area contributed by atoms with E-state index in [0.29, 0.717) is 13.0 Å². The predicted molar refractivity (Wildman–Crippen MR) is 226 cm³/mol. The molecule has 0 saturated carbocycles. The molecule has 0 radical (unpaired) electrons. The van der Waals surface area contributed by atoms with Crippen LogP contribution in [-0.2, 0) is 47.6 Å². The summed E-state index contributed by atoms with van der Waals surface area (Å²) in [6.07, 6.45) is 0.336. The molecule has 0 aromatic rings. The van der Waals surface area contributed by atoms with Crippen LogP contribution in [0, 0.1) is 0 Å². The normalized spacial score (nSPS) is 11.8. The van der Waals surface area contributed by atoms with Gasteiger partial charge in [-0.1, -0.05) is 6.42 Å². The van der Waals surface area contributed by atoms with E-state index in [1.54, 1.807) is 62.3 Å². The Labute approximate surface area is 361 Å². The summed E-state index contributed by atoms with van der Waals surface area (Å²) in [5.41, 5.74) is 2.35. The smallest absolute Gasteiger partial charge is 0.407 e. The lowest BCUT2D eigenvalue weighted by molar-refractivity contribution is -0.130. The monoisotopic (exact) mass is 877 g/mol. The van der Waals surface area contributed by atoms with Crippen molar-refractivity contribution < 1.29 is 62.0 Å². The molecule has 0 saturated heterocycles. The largest absolute Gasteiger partial charge is 0.444 e. The summed E-state index contributed by atoms with van der Waals surface area (Å²) in [6, 6.07) is 0. The van der Waals surface area contributed by atoms with Crippen LogP contribution in [0.2, 0.25) is 0 Å². The highest BCUT2D eigenvalue weighted by atomic mass is 16.6. The van der Waals surface area contributed by atoms with Crippen LogP contribution < -0.4 is 43.0 Å². The Hall–Kier alpha value is -4.47. The SMILES string of the molecule is CC(C)(C)OC(=O)NCCNC(=O)CCOCC(COCCC(=O)NCCNC(=O)OC(C)(C)C)(COCCC(=O)NCCNC(=O)OC(C)(C)C)NC(=O)CCCCCN. The molecule has 0 atom stereocenters. The summed E-state index contributed by atoms with van der Waals surface area (Å²) in [5.74, 6) is -1.33. The molecule has 61 heavy (non-hydrogen) atoms. The second-order valence-corrected chi connectivity index (χ2v) is 17.2. The van der Waals surface area contributed by atoms with Gasteiger partial charge in [-0.25, -0.2) is 14.4 Å². The van der Waals surface area contributed by atoms with Crippen LogP contribution >= 0.6 is 0 Å². The summed E-state index contributed by atoms with van der Waals surface area (Å²) < 4.78 is 33.3. The highest BCUT2D eigenvalue weighted by molar-refractivity contribution is 5.78. The summed E-state index contributed by atoms with van der Waals surface area (Å²) in [7, 11) is 0. The topological polar surface area (TPSA) is 285 Å². The summed E-state index contributed by atoms with van der Waals surface area (Å²) in [6.45, 7) is 16.5. The van der Waals surface area contributed by atoms with Gasteiger partial charge in [0.05, 0.1) is 39.6 Å². The Morgan fingerprint density at radius 3 is 1.02 bits per heavy atom. The third-order valence-corrected chi connectivity index (χ3v) is 7.41. The average molecular weight is 877 g/mol. The fourth-order valence-electron chi connectivity index (χ4n) is 4.80. The Morgan fingerprint density at radius 2 is 0.721 bits per heavy atom. The molecule has 7 amide bonds. The first kappa shape index (κ1) is 56.5. The standard InChI is InChI=1S/C40H76N8O13/c1-37(2,3)59-34(53)45-21-18-42-30(49)14-24-56-27-40(48-33(52)13-11-10-12-17-41,28-57-25-15-31(50)43-19-22-46-35(54)60-38(4,5)6)29-58-26-16-32(51)44-20-23-47-36(55)61-39(7,8)9/h10-29,41H2,1-9H3,(H,42,49)(H,43,50)(H,44,51)(H,45,53)(H,46,54)(H,47,55)(H,48,52). The third kappa shape index (κ3) is 35.9. The zero-order valence-corrected chi connectivity index (χ0v) is 38.0. The van der Waals surface area contributed by atoms with Crippen molar-refractivity contribution in [3.8, 4) is 0 Å². The highest BCUT2D eigenvalue weighted by Gasteiger charge is 2.34. The van der Waals surface area contributed by atoms with E-state index in [9.17, 15) is 33.6 Å². The lowest BCUT2D eigenvalue weighted by atomic mass is 10.0. The van der Waals surface area contributed by atoms with Gasteiger partial charge in [-0.05, 0) is 81.7 Å². The zero-order chi connectivity index (χ0) is 46.4. The van der Waals surface area contributed by atoms with E-state index in [1.165, 1.54) is 0 Å². The Balaban J connectivity index is 5.49. The number of rotatable bonds is 30. The maximum atomic E-state index is 13.2. The first-order chi connectivity index (χ1) is 28.4. The molecule has 0 aliphatic heterocycles. The maximum Gasteiger partial charge on any atom is 0.407 e. The summed E-state index contributed by atoms with van der Waals surface area (Å²) >= 11 is 0. The van der Waals surface area contributed by atoms with Crippen LogP contribution in [0.3, 0.4) is 0 Å². The molecule has 0 aliphatic carbocycles. The quantitative estimate of drug-likeness (QED) is 0.0375. The van der Waals surface area contributed by atoms with E-state index < -0.39 is 40.6 Å². The number of hydrogen-bond donors (Lipinski definition) is 8. The number of unbranched alkanes of at least 4 members (excludes halogenated alkanes) is 2. The van der Waals surface area contributed by atoms with Crippen molar-refractivity contribution in [3.63, 3.8) is 0 Å². The minimum Gasteiger partial charge on any atom is -0.444 e. The Morgan fingerprint density at radius 1 is 0.410 bits per heavy atom. The molecule has 354 valence electrons. The molecule has 21 nitrogen and oxygen atoms in total. The van der Waals surface area contributed by atoms with Crippen LogP contribution in [0.5, 0.6) is 0 Å². The molecule has 0 heterocycles. The molecule has 0 bridgehead atoms. The molecule has 0 fully saturated rings. The van der Waals surface area contributed by atoms with Gasteiger partial charge in [-0.15, -0.1) is 0 Å². The van der Waals surface area contributed by atoms with Gasteiger partial charge in [0.1, 0.15) is 22.3 Å². The molecule has 0 aromatic carbocycles. The van der Waals surface area contributed by atoms with Crippen LogP contribution in [-0.4, -0.2) is 150 Å². The van der Waals surface area contributed by atoms with Crippen molar-refractivity contribution >= 4 is 41.9 Å². The number of hydrogen-bond acceptors (Lipinski definition) is 14. The van der Waals surface area contributed by atoms with Crippen LogP contribution in [0.1, 0.15) is 107 Å². The third-order valence-electron chi connectivity index (χ3n) is 7.41. The number of alkyl carbamates (subject to hydrolysis) is 3. The Bertz CT molecular complexity index is 1190. The van der Waals surface area contributed by atoms with Gasteiger partial charge in [-0.2, -0.15) is 0 Å². The van der Waals surface area contributed by atoms with Crippen molar-refractivity contribution in [2.45, 2.75) is 130 Å². The lowest BCUT2D eigenvalue weighted by Crippen LogP contribution is -2.58. The fourth-order valence-corrected chi connectivity index (χ4v) is 4.80. The Kier molecular flexibility index (Phi) is 28.3. The van der Waals surface area contributed by atoms with Crippen LogP contribution in [0.15, 0.2) is 0 Å². The lowest BCUT2D eigenvalue weighted by Gasteiger charge is -2.34. The number of carbonyl (C=O) groups excluding carboxylic acids is 7. The first-order valence-electron chi connectivity index (χ1n) is 20.9. The minimum atomic E-state index is -1.29. The molecule has 0 aromatic heterocycles.